The third-order valence-electron chi connectivity index (χ3n) is 7.95. The van der Waals surface area contributed by atoms with Gasteiger partial charge in [0.15, 0.2) is 0 Å². The number of rotatable bonds is 8. The molecule has 9 nitrogen and oxygen atoms in total. The SMILES string of the molecule is C=CC(=O)N1CCn2nc(-c3nc(-c4ccc(=O)n(C(C)C)c4)c4ccsc4c3-c3c(F)cc(F)cc3OCCO)cc2[C@H]1C. The predicted molar refractivity (Wildman–Crippen MR) is 169 cm³/mol. The number of hydrogen-bond acceptors (Lipinski definition) is 7. The van der Waals surface area contributed by atoms with Crippen molar-refractivity contribution >= 4 is 27.3 Å². The van der Waals surface area contributed by atoms with Crippen molar-refractivity contribution < 1.29 is 23.4 Å². The summed E-state index contributed by atoms with van der Waals surface area (Å²) in [6.45, 7) is 9.67. The Kier molecular flexibility index (Phi) is 8.10. The smallest absolute Gasteiger partial charge is 0.250 e. The van der Waals surface area contributed by atoms with E-state index >= 15 is 4.39 Å². The number of fused-ring (bicyclic) bond motifs is 2. The zero-order chi connectivity index (χ0) is 32.0. The Morgan fingerprint density at radius 1 is 1.18 bits per heavy atom. The van der Waals surface area contributed by atoms with Crippen LogP contribution in [0.5, 0.6) is 5.75 Å². The Labute approximate surface area is 261 Å². The summed E-state index contributed by atoms with van der Waals surface area (Å²) in [6.07, 6.45) is 3.03. The number of carbonyl (C=O) groups excluding carboxylic acids is 1. The fourth-order valence-corrected chi connectivity index (χ4v) is 6.76. The highest BCUT2D eigenvalue weighted by Crippen LogP contribution is 2.47. The van der Waals surface area contributed by atoms with Gasteiger partial charge < -0.3 is 19.3 Å². The van der Waals surface area contributed by atoms with Crippen molar-refractivity contribution in [2.75, 3.05) is 19.8 Å². The first-order valence-corrected chi connectivity index (χ1v) is 15.4. The zero-order valence-corrected chi connectivity index (χ0v) is 25.8. The maximum atomic E-state index is 15.9. The quantitative estimate of drug-likeness (QED) is 0.212. The molecule has 4 aromatic heterocycles. The van der Waals surface area contributed by atoms with Gasteiger partial charge in [0.2, 0.25) is 5.91 Å². The van der Waals surface area contributed by atoms with E-state index in [4.69, 9.17) is 14.8 Å². The fraction of sp³-hybridized carbons (Fsp3) is 0.273. The molecule has 6 rings (SSSR count). The summed E-state index contributed by atoms with van der Waals surface area (Å²) in [4.78, 5) is 32.0. The highest BCUT2D eigenvalue weighted by atomic mass is 32.1. The van der Waals surface area contributed by atoms with Gasteiger partial charge in [-0.2, -0.15) is 5.10 Å². The Bertz CT molecular complexity index is 2010. The van der Waals surface area contributed by atoms with Crippen LogP contribution in [0.3, 0.4) is 0 Å². The number of amides is 1. The van der Waals surface area contributed by atoms with Gasteiger partial charge in [-0.05, 0) is 50.4 Å². The lowest BCUT2D eigenvalue weighted by Gasteiger charge is -2.33. The van der Waals surface area contributed by atoms with E-state index in [1.807, 2.05) is 38.3 Å². The van der Waals surface area contributed by atoms with E-state index in [0.717, 1.165) is 17.8 Å². The minimum Gasteiger partial charge on any atom is -0.490 e. The highest BCUT2D eigenvalue weighted by Gasteiger charge is 2.31. The fourth-order valence-electron chi connectivity index (χ4n) is 5.81. The van der Waals surface area contributed by atoms with E-state index in [2.05, 4.69) is 6.58 Å². The van der Waals surface area contributed by atoms with Crippen LogP contribution in [-0.2, 0) is 11.3 Å². The normalized spacial score (nSPS) is 14.6. The first kappa shape index (κ1) is 30.4. The van der Waals surface area contributed by atoms with Crippen LogP contribution in [-0.4, -0.2) is 55.0 Å². The molecule has 1 aromatic carbocycles. The number of nitrogens with zero attached hydrogens (tertiary/aromatic N) is 5. The summed E-state index contributed by atoms with van der Waals surface area (Å²) >= 11 is 1.36. The molecule has 1 amide bonds. The van der Waals surface area contributed by atoms with Crippen LogP contribution in [0.1, 0.15) is 38.5 Å². The second-order valence-corrected chi connectivity index (χ2v) is 11.9. The Morgan fingerprint density at radius 3 is 2.71 bits per heavy atom. The zero-order valence-electron chi connectivity index (χ0n) is 25.0. The molecular weight excluding hydrogens is 600 g/mol. The molecule has 1 atom stereocenters. The molecule has 5 heterocycles. The third-order valence-corrected chi connectivity index (χ3v) is 8.88. The monoisotopic (exact) mass is 631 g/mol. The van der Waals surface area contributed by atoms with Gasteiger partial charge in [0.1, 0.15) is 35.4 Å². The van der Waals surface area contributed by atoms with Crippen molar-refractivity contribution in [2.45, 2.75) is 39.4 Å². The van der Waals surface area contributed by atoms with Gasteiger partial charge in [-0.3, -0.25) is 14.3 Å². The van der Waals surface area contributed by atoms with E-state index < -0.39 is 11.6 Å². The number of halogens is 2. The Morgan fingerprint density at radius 2 is 1.98 bits per heavy atom. The summed E-state index contributed by atoms with van der Waals surface area (Å²) in [5, 5.41) is 16.9. The van der Waals surface area contributed by atoms with Crippen LogP contribution in [0.4, 0.5) is 8.78 Å². The highest BCUT2D eigenvalue weighted by molar-refractivity contribution is 7.18. The van der Waals surface area contributed by atoms with Crippen LogP contribution in [0.25, 0.3) is 43.9 Å². The molecule has 232 valence electrons. The van der Waals surface area contributed by atoms with Crippen LogP contribution in [0.15, 0.2) is 65.4 Å². The topological polar surface area (TPSA) is 102 Å². The summed E-state index contributed by atoms with van der Waals surface area (Å²) in [7, 11) is 0. The van der Waals surface area contributed by atoms with Crippen LogP contribution in [0.2, 0.25) is 0 Å². The van der Waals surface area contributed by atoms with Crippen molar-refractivity contribution in [3.8, 4) is 39.5 Å². The number of hydrogen-bond donors (Lipinski definition) is 1. The molecular formula is C33H31F2N5O4S. The molecule has 0 fully saturated rings. The maximum absolute atomic E-state index is 15.9. The number of carbonyl (C=O) groups is 1. The van der Waals surface area contributed by atoms with Gasteiger partial charge in [0, 0.05) is 58.2 Å². The molecule has 12 heteroatoms. The lowest BCUT2D eigenvalue weighted by Crippen LogP contribution is -2.40. The molecule has 1 aliphatic rings. The molecule has 0 spiro atoms. The molecule has 0 unspecified atom stereocenters. The van der Waals surface area contributed by atoms with Crippen molar-refractivity contribution in [1.82, 2.24) is 24.2 Å². The van der Waals surface area contributed by atoms with Crippen molar-refractivity contribution in [2.24, 2.45) is 0 Å². The maximum Gasteiger partial charge on any atom is 0.250 e. The van der Waals surface area contributed by atoms with Crippen LogP contribution >= 0.6 is 11.3 Å². The van der Waals surface area contributed by atoms with Gasteiger partial charge in [0.05, 0.1) is 36.1 Å². The Hall–Kier alpha value is -4.68. The third kappa shape index (κ3) is 5.33. The minimum atomic E-state index is -0.859. The molecule has 0 bridgehead atoms. The molecule has 5 aromatic rings. The van der Waals surface area contributed by atoms with Gasteiger partial charge in [-0.25, -0.2) is 13.8 Å². The largest absolute Gasteiger partial charge is 0.490 e. The standard InChI is InChI=1S/C33H31F2N5O4S/c1-5-27(42)38-9-10-40-25(19(38)4)16-24(37-40)32-30(29-23(35)14-21(34)15-26(29)44-12-11-41)33-22(8-13-45-33)31(36-32)20-6-7-28(43)39(17-20)18(2)3/h5-8,13-19,41H,1,9-12H2,2-4H3/t19-/m1/s1. The van der Waals surface area contributed by atoms with Gasteiger partial charge in [-0.1, -0.05) is 6.58 Å². The number of aromatic nitrogens is 4. The first-order chi connectivity index (χ1) is 21.6. The molecule has 1 aliphatic heterocycles. The summed E-state index contributed by atoms with van der Waals surface area (Å²) in [5.74, 6) is -1.97. The Balaban J connectivity index is 1.67. The van der Waals surface area contributed by atoms with Gasteiger partial charge >= 0.3 is 0 Å². The average Bonchev–Trinajstić information content (AvgIpc) is 3.68. The first-order valence-electron chi connectivity index (χ1n) is 14.5. The lowest BCUT2D eigenvalue weighted by molar-refractivity contribution is -0.129. The van der Waals surface area contributed by atoms with Crippen molar-refractivity contribution in [3.05, 3.63) is 88.3 Å². The second kappa shape index (κ2) is 12.0. The molecule has 1 N–H and O–H groups in total. The van der Waals surface area contributed by atoms with E-state index in [1.165, 1.54) is 23.5 Å². The predicted octanol–water partition coefficient (Wildman–Crippen LogP) is 5.97. The molecule has 0 saturated carbocycles. The lowest BCUT2D eigenvalue weighted by atomic mass is 9.96. The summed E-state index contributed by atoms with van der Waals surface area (Å²) in [6, 6.07) is 8.35. The second-order valence-electron chi connectivity index (χ2n) is 11.0. The molecule has 45 heavy (non-hydrogen) atoms. The number of thiophene rings is 1. The van der Waals surface area contributed by atoms with Crippen LogP contribution in [0, 0.1) is 11.6 Å². The average molecular weight is 632 g/mol. The molecule has 0 aliphatic carbocycles. The molecule has 0 saturated heterocycles. The minimum absolute atomic E-state index is 0.0130. The van der Waals surface area contributed by atoms with Crippen LogP contribution < -0.4 is 10.3 Å². The van der Waals surface area contributed by atoms with Crippen molar-refractivity contribution in [3.63, 3.8) is 0 Å². The number of aliphatic hydroxyl groups excluding tert-OH is 1. The number of aliphatic hydroxyl groups is 1. The van der Waals surface area contributed by atoms with E-state index in [1.54, 1.807) is 26.4 Å². The van der Waals surface area contributed by atoms with Gasteiger partial charge in [0.25, 0.3) is 5.56 Å². The van der Waals surface area contributed by atoms with Gasteiger partial charge in [-0.15, -0.1) is 11.3 Å². The van der Waals surface area contributed by atoms with E-state index in [-0.39, 0.29) is 48.1 Å². The van der Waals surface area contributed by atoms with Crippen molar-refractivity contribution in [1.29, 1.82) is 0 Å². The number of pyridine rings is 2. The van der Waals surface area contributed by atoms with E-state index in [0.29, 0.717) is 51.4 Å². The summed E-state index contributed by atoms with van der Waals surface area (Å²) in [5.41, 5.74) is 2.92. The number of ether oxygens (including phenoxy) is 1. The summed E-state index contributed by atoms with van der Waals surface area (Å²) < 4.78 is 40.2. The molecule has 0 radical (unpaired) electrons. The van der Waals surface area contributed by atoms with E-state index in [9.17, 15) is 19.1 Å². The number of benzene rings is 1.